The van der Waals surface area contributed by atoms with Gasteiger partial charge in [-0.1, -0.05) is 177 Å². The minimum atomic E-state index is -1.12. The number of carbonyl (C=O) groups is 1. The lowest BCUT2D eigenvalue weighted by molar-refractivity contribution is -0.131. The molecule has 0 saturated heterocycles. The third kappa shape index (κ3) is 34.5. The Balaban J connectivity index is 3.77. The number of rotatable bonds is 37. The molecule has 3 unspecified atom stereocenters. The second-order valence-electron chi connectivity index (χ2n) is 14.2. The summed E-state index contributed by atoms with van der Waals surface area (Å²) < 4.78 is 0. The molecule has 0 spiro atoms. The van der Waals surface area contributed by atoms with Crippen molar-refractivity contribution in [3.8, 4) is 0 Å². The largest absolute Gasteiger partial charge is 0.394 e. The first-order valence-electron chi connectivity index (χ1n) is 21.1. The van der Waals surface area contributed by atoms with Gasteiger partial charge in [-0.2, -0.15) is 0 Å². The van der Waals surface area contributed by atoms with Crippen LogP contribution in [0.5, 0.6) is 0 Å². The van der Waals surface area contributed by atoms with E-state index in [2.05, 4.69) is 67.8 Å². The third-order valence-electron chi connectivity index (χ3n) is 9.31. The van der Waals surface area contributed by atoms with E-state index in [0.29, 0.717) is 6.42 Å². The zero-order chi connectivity index (χ0) is 36.6. The standard InChI is InChI=1S/C45H81NO4/c1-3-5-7-9-11-13-15-17-19-20-21-22-23-24-25-26-28-30-32-34-36-38-40-44(49)45(50)46-42(41-47)43(48)39-37-35-33-31-29-27-18-16-14-12-10-8-6-4-2/h14,16,21-22,24-25,29,31,37,39,42-44,47-49H,3-13,15,17-20,23,26-28,30,32-36,38,40-41H2,1-2H3,(H,46,50)/b16-14+,22-21-,25-24-,31-29+,39-37+. The highest BCUT2D eigenvalue weighted by atomic mass is 16.3. The maximum atomic E-state index is 12.4. The fourth-order valence-corrected chi connectivity index (χ4v) is 5.95. The predicted octanol–water partition coefficient (Wildman–Crippen LogP) is 11.9. The number of aliphatic hydroxyl groups is 3. The highest BCUT2D eigenvalue weighted by Gasteiger charge is 2.22. The van der Waals surface area contributed by atoms with Crippen LogP contribution in [-0.4, -0.2) is 46.1 Å². The van der Waals surface area contributed by atoms with E-state index in [0.717, 1.165) is 57.8 Å². The number of unbranched alkanes of at least 4 members (excludes halogenated alkanes) is 21. The van der Waals surface area contributed by atoms with E-state index in [1.165, 1.54) is 116 Å². The minimum Gasteiger partial charge on any atom is -0.394 e. The molecule has 4 N–H and O–H groups in total. The average Bonchev–Trinajstić information content (AvgIpc) is 3.12. The van der Waals surface area contributed by atoms with Crippen LogP contribution in [0.25, 0.3) is 0 Å². The summed E-state index contributed by atoms with van der Waals surface area (Å²) in [4.78, 5) is 12.4. The van der Waals surface area contributed by atoms with E-state index in [1.807, 2.05) is 6.08 Å². The summed E-state index contributed by atoms with van der Waals surface area (Å²) >= 11 is 0. The van der Waals surface area contributed by atoms with Gasteiger partial charge in [-0.05, 0) is 77.0 Å². The SMILES string of the molecule is CCCCCC/C=C/CC/C=C/CC/C=C/C(O)C(CO)NC(=O)C(O)CCCCCCCC/C=C\C/C=C\CCCCCCCCCCC. The van der Waals surface area contributed by atoms with Gasteiger partial charge in [0.05, 0.1) is 18.8 Å². The molecule has 0 radical (unpaired) electrons. The Morgan fingerprint density at radius 1 is 0.500 bits per heavy atom. The van der Waals surface area contributed by atoms with Gasteiger partial charge >= 0.3 is 0 Å². The van der Waals surface area contributed by atoms with Crippen LogP contribution in [0.4, 0.5) is 0 Å². The molecular weight excluding hydrogens is 618 g/mol. The molecule has 0 aliphatic rings. The smallest absolute Gasteiger partial charge is 0.249 e. The van der Waals surface area contributed by atoms with Gasteiger partial charge in [-0.3, -0.25) is 4.79 Å². The zero-order valence-corrected chi connectivity index (χ0v) is 32.8. The van der Waals surface area contributed by atoms with Crippen LogP contribution < -0.4 is 5.32 Å². The second kappa shape index (κ2) is 39.8. The molecule has 5 heteroatoms. The number of nitrogens with one attached hydrogen (secondary N) is 1. The van der Waals surface area contributed by atoms with Crippen molar-refractivity contribution in [3.05, 3.63) is 60.8 Å². The Morgan fingerprint density at radius 2 is 0.880 bits per heavy atom. The number of hydrogen-bond acceptors (Lipinski definition) is 4. The molecule has 0 aliphatic heterocycles. The molecule has 0 bridgehead atoms. The molecule has 0 aromatic heterocycles. The molecule has 0 heterocycles. The maximum Gasteiger partial charge on any atom is 0.249 e. The van der Waals surface area contributed by atoms with E-state index >= 15 is 0 Å². The Labute approximate surface area is 309 Å². The number of carbonyl (C=O) groups excluding carboxylic acids is 1. The molecule has 0 aliphatic carbocycles. The fraction of sp³-hybridized carbons (Fsp3) is 0.756. The Morgan fingerprint density at radius 3 is 1.36 bits per heavy atom. The van der Waals surface area contributed by atoms with Crippen molar-refractivity contribution in [2.45, 2.75) is 212 Å². The van der Waals surface area contributed by atoms with Gasteiger partial charge in [-0.15, -0.1) is 0 Å². The van der Waals surface area contributed by atoms with E-state index in [9.17, 15) is 20.1 Å². The number of amides is 1. The second-order valence-corrected chi connectivity index (χ2v) is 14.2. The van der Waals surface area contributed by atoms with Crippen LogP contribution in [0.3, 0.4) is 0 Å². The summed E-state index contributed by atoms with van der Waals surface area (Å²) in [7, 11) is 0. The quantitative estimate of drug-likeness (QED) is 0.0384. The van der Waals surface area contributed by atoms with Crippen molar-refractivity contribution in [1.82, 2.24) is 5.32 Å². The number of aliphatic hydroxyl groups excluding tert-OH is 3. The minimum absolute atomic E-state index is 0.388. The molecule has 0 saturated carbocycles. The first-order valence-corrected chi connectivity index (χ1v) is 21.1. The van der Waals surface area contributed by atoms with Crippen LogP contribution in [0.1, 0.15) is 194 Å². The molecule has 0 fully saturated rings. The zero-order valence-electron chi connectivity index (χ0n) is 32.8. The van der Waals surface area contributed by atoms with Crippen LogP contribution in [0.2, 0.25) is 0 Å². The summed E-state index contributed by atoms with van der Waals surface area (Å²) in [6.07, 6.45) is 52.4. The summed E-state index contributed by atoms with van der Waals surface area (Å²) in [6, 6.07) is -0.827. The van der Waals surface area contributed by atoms with E-state index < -0.39 is 24.2 Å². The van der Waals surface area contributed by atoms with Crippen molar-refractivity contribution in [3.63, 3.8) is 0 Å². The summed E-state index contributed by atoms with van der Waals surface area (Å²) in [6.45, 7) is 4.13. The van der Waals surface area contributed by atoms with Gasteiger partial charge in [0.1, 0.15) is 6.10 Å². The van der Waals surface area contributed by atoms with Gasteiger partial charge in [-0.25, -0.2) is 0 Å². The highest BCUT2D eigenvalue weighted by molar-refractivity contribution is 5.80. The van der Waals surface area contributed by atoms with Crippen molar-refractivity contribution in [1.29, 1.82) is 0 Å². The molecule has 0 rings (SSSR count). The van der Waals surface area contributed by atoms with Crippen LogP contribution >= 0.6 is 0 Å². The van der Waals surface area contributed by atoms with Crippen molar-refractivity contribution < 1.29 is 20.1 Å². The van der Waals surface area contributed by atoms with Gasteiger partial charge < -0.3 is 20.6 Å². The highest BCUT2D eigenvalue weighted by Crippen LogP contribution is 2.13. The molecule has 1 amide bonds. The number of allylic oxidation sites excluding steroid dienone is 9. The Kier molecular flexibility index (Phi) is 38.3. The fourth-order valence-electron chi connectivity index (χ4n) is 5.95. The molecule has 5 nitrogen and oxygen atoms in total. The van der Waals surface area contributed by atoms with E-state index in [-0.39, 0.29) is 6.61 Å². The third-order valence-corrected chi connectivity index (χ3v) is 9.31. The lowest BCUT2D eigenvalue weighted by Gasteiger charge is -2.21. The monoisotopic (exact) mass is 700 g/mol. The summed E-state index contributed by atoms with van der Waals surface area (Å²) in [5.74, 6) is -0.528. The van der Waals surface area contributed by atoms with E-state index in [4.69, 9.17) is 0 Å². The average molecular weight is 700 g/mol. The molecular formula is C45H81NO4. The van der Waals surface area contributed by atoms with Gasteiger partial charge in [0.25, 0.3) is 0 Å². The molecule has 0 aromatic rings. The summed E-state index contributed by atoms with van der Waals surface area (Å²) in [5, 5.41) is 33.0. The molecule has 290 valence electrons. The van der Waals surface area contributed by atoms with Crippen LogP contribution in [0, 0.1) is 0 Å². The van der Waals surface area contributed by atoms with Crippen LogP contribution in [0.15, 0.2) is 60.8 Å². The van der Waals surface area contributed by atoms with Gasteiger partial charge in [0.2, 0.25) is 5.91 Å². The summed E-state index contributed by atoms with van der Waals surface area (Å²) in [5.41, 5.74) is 0. The van der Waals surface area contributed by atoms with Gasteiger partial charge in [0, 0.05) is 0 Å². The predicted molar refractivity (Wildman–Crippen MR) is 217 cm³/mol. The lowest BCUT2D eigenvalue weighted by Crippen LogP contribution is -2.48. The van der Waals surface area contributed by atoms with E-state index in [1.54, 1.807) is 6.08 Å². The normalized spacial score (nSPS) is 14.3. The Hall–Kier alpha value is -1.95. The number of hydrogen-bond donors (Lipinski definition) is 4. The van der Waals surface area contributed by atoms with Crippen molar-refractivity contribution >= 4 is 5.91 Å². The van der Waals surface area contributed by atoms with Crippen molar-refractivity contribution in [2.24, 2.45) is 0 Å². The molecule has 0 aromatic carbocycles. The Bertz CT molecular complexity index is 861. The maximum absolute atomic E-state index is 12.4. The van der Waals surface area contributed by atoms with Gasteiger partial charge in [0.15, 0.2) is 0 Å². The van der Waals surface area contributed by atoms with Crippen LogP contribution in [-0.2, 0) is 4.79 Å². The first-order chi connectivity index (χ1) is 24.6. The first kappa shape index (κ1) is 48.0. The topological polar surface area (TPSA) is 89.8 Å². The lowest BCUT2D eigenvalue weighted by atomic mass is 10.0. The molecule has 3 atom stereocenters. The van der Waals surface area contributed by atoms with Crippen molar-refractivity contribution in [2.75, 3.05) is 6.61 Å². The molecule has 50 heavy (non-hydrogen) atoms.